The first-order chi connectivity index (χ1) is 13.1. The molecule has 1 N–H and O–H groups in total. The third kappa shape index (κ3) is 6.72. The average molecular weight is 382 g/mol. The number of nitrogens with one attached hydrogen (secondary N) is 1. The summed E-state index contributed by atoms with van der Waals surface area (Å²) in [5, 5.41) is 12.0. The van der Waals surface area contributed by atoms with Crippen molar-refractivity contribution in [1.82, 2.24) is 10.2 Å². The Hall–Kier alpha value is -2.91. The molecule has 0 saturated heterocycles. The Labute approximate surface area is 165 Å². The highest BCUT2D eigenvalue weighted by Gasteiger charge is 2.15. The van der Waals surface area contributed by atoms with Crippen LogP contribution in [0.5, 0.6) is 5.75 Å². The summed E-state index contributed by atoms with van der Waals surface area (Å²) in [6, 6.07) is 18.9. The van der Waals surface area contributed by atoms with Crippen LogP contribution in [0, 0.1) is 11.3 Å². The molecule has 0 aliphatic heterocycles. The van der Waals surface area contributed by atoms with Crippen molar-refractivity contribution in [2.24, 2.45) is 0 Å². The molecule has 0 fully saturated rings. The average Bonchev–Trinajstić information content (AvgIpc) is 2.70. The van der Waals surface area contributed by atoms with Gasteiger partial charge in [-0.3, -0.25) is 10.1 Å². The van der Waals surface area contributed by atoms with Crippen molar-refractivity contribution in [3.8, 4) is 11.8 Å². The monoisotopic (exact) mass is 381 g/mol. The predicted octanol–water partition coefficient (Wildman–Crippen LogP) is 3.91. The third-order valence-corrected chi connectivity index (χ3v) is 4.15. The first-order valence-corrected chi connectivity index (χ1v) is 9.29. The maximum Gasteiger partial charge on any atom is 0.257 e. The van der Waals surface area contributed by atoms with Gasteiger partial charge in [0.05, 0.1) is 19.1 Å². The van der Waals surface area contributed by atoms with E-state index in [1.807, 2.05) is 48.2 Å². The van der Waals surface area contributed by atoms with Gasteiger partial charge >= 0.3 is 0 Å². The molecule has 2 aromatic rings. The second kappa shape index (κ2) is 10.9. The minimum absolute atomic E-state index is 0.294. The maximum absolute atomic E-state index is 12.6. The van der Waals surface area contributed by atoms with E-state index in [9.17, 15) is 4.79 Å². The zero-order valence-electron chi connectivity index (χ0n) is 15.4. The van der Waals surface area contributed by atoms with E-state index >= 15 is 0 Å². The lowest BCUT2D eigenvalue weighted by Crippen LogP contribution is -2.42. The smallest absolute Gasteiger partial charge is 0.257 e. The molecular weight excluding hydrogens is 358 g/mol. The first kappa shape index (κ1) is 20.4. The minimum Gasteiger partial charge on any atom is -0.494 e. The topological polar surface area (TPSA) is 65.4 Å². The number of nitrogens with zero attached hydrogens (tertiary/aromatic N) is 2. The third-order valence-electron chi connectivity index (χ3n) is 3.79. The molecule has 0 aliphatic carbocycles. The van der Waals surface area contributed by atoms with Gasteiger partial charge in [0, 0.05) is 18.7 Å². The largest absolute Gasteiger partial charge is 0.494 e. The zero-order valence-corrected chi connectivity index (χ0v) is 16.2. The lowest BCUT2D eigenvalue weighted by molar-refractivity contribution is 0.0972. The van der Waals surface area contributed by atoms with E-state index in [0.29, 0.717) is 42.5 Å². The van der Waals surface area contributed by atoms with Crippen molar-refractivity contribution >= 4 is 23.2 Å². The molecule has 0 spiro atoms. The van der Waals surface area contributed by atoms with Crippen molar-refractivity contribution in [1.29, 1.82) is 5.26 Å². The van der Waals surface area contributed by atoms with E-state index < -0.39 is 0 Å². The van der Waals surface area contributed by atoms with Crippen molar-refractivity contribution < 1.29 is 9.53 Å². The van der Waals surface area contributed by atoms with Crippen molar-refractivity contribution in [3.63, 3.8) is 0 Å². The number of carbonyl (C=O) groups excluding carboxylic acids is 1. The summed E-state index contributed by atoms with van der Waals surface area (Å²) in [4.78, 5) is 14.4. The highest BCUT2D eigenvalue weighted by atomic mass is 32.1. The zero-order chi connectivity index (χ0) is 19.5. The molecule has 0 heterocycles. The number of thiocarbonyl (C=S) groups is 1. The molecule has 0 bridgehead atoms. The molecule has 1 amide bonds. The summed E-state index contributed by atoms with van der Waals surface area (Å²) in [7, 11) is 0. The van der Waals surface area contributed by atoms with Crippen LogP contribution in [0.25, 0.3) is 0 Å². The molecule has 0 aromatic heterocycles. The molecule has 0 atom stereocenters. The van der Waals surface area contributed by atoms with Crippen LogP contribution in [-0.2, 0) is 6.54 Å². The fraction of sp³-hybridized carbons (Fsp3) is 0.286. The number of ether oxygens (including phenoxy) is 1. The summed E-state index contributed by atoms with van der Waals surface area (Å²) < 4.78 is 5.57. The van der Waals surface area contributed by atoms with E-state index in [2.05, 4.69) is 11.4 Å². The van der Waals surface area contributed by atoms with Gasteiger partial charge in [-0.1, -0.05) is 43.3 Å². The Kier molecular flexibility index (Phi) is 8.27. The van der Waals surface area contributed by atoms with Crippen LogP contribution in [0.4, 0.5) is 0 Å². The maximum atomic E-state index is 12.6. The molecular formula is C21H23N3O2S. The van der Waals surface area contributed by atoms with E-state index in [1.165, 1.54) is 0 Å². The second-order valence-electron chi connectivity index (χ2n) is 5.95. The summed E-state index contributed by atoms with van der Waals surface area (Å²) in [5.74, 6) is 0.359. The van der Waals surface area contributed by atoms with Crippen LogP contribution in [0.1, 0.15) is 35.7 Å². The van der Waals surface area contributed by atoms with Gasteiger partial charge in [-0.2, -0.15) is 5.26 Å². The number of nitriles is 1. The molecule has 27 heavy (non-hydrogen) atoms. The SMILES string of the molecule is CCCOc1cccc(C(=O)NC(=S)N(CCC#N)Cc2ccccc2)c1. The van der Waals surface area contributed by atoms with Gasteiger partial charge in [-0.15, -0.1) is 0 Å². The van der Waals surface area contributed by atoms with Crippen molar-refractivity contribution in [2.45, 2.75) is 26.3 Å². The molecule has 2 rings (SSSR count). The van der Waals surface area contributed by atoms with Crippen molar-refractivity contribution in [2.75, 3.05) is 13.2 Å². The normalized spacial score (nSPS) is 9.93. The highest BCUT2D eigenvalue weighted by Crippen LogP contribution is 2.14. The molecule has 6 heteroatoms. The number of carbonyl (C=O) groups is 1. The number of rotatable bonds is 8. The molecule has 2 aromatic carbocycles. The van der Waals surface area contributed by atoms with Gasteiger partial charge in [-0.25, -0.2) is 0 Å². The Balaban J connectivity index is 2.04. The molecule has 0 saturated carbocycles. The quantitative estimate of drug-likeness (QED) is 0.703. The Morgan fingerprint density at radius 2 is 2.00 bits per heavy atom. The van der Waals surface area contributed by atoms with E-state index in [4.69, 9.17) is 22.2 Å². The number of hydrogen-bond acceptors (Lipinski definition) is 4. The summed E-state index contributed by atoms with van der Waals surface area (Å²) in [6.45, 7) is 3.60. The fourth-order valence-corrected chi connectivity index (χ4v) is 2.69. The van der Waals surface area contributed by atoms with Crippen molar-refractivity contribution in [3.05, 3.63) is 65.7 Å². The Bertz CT molecular complexity index is 803. The summed E-state index contributed by atoms with van der Waals surface area (Å²) in [5.41, 5.74) is 1.54. The molecule has 5 nitrogen and oxygen atoms in total. The molecule has 0 radical (unpaired) electrons. The molecule has 0 aliphatic rings. The highest BCUT2D eigenvalue weighted by molar-refractivity contribution is 7.80. The van der Waals surface area contributed by atoms with Crippen LogP contribution < -0.4 is 10.1 Å². The Morgan fingerprint density at radius 1 is 1.22 bits per heavy atom. The lowest BCUT2D eigenvalue weighted by atomic mass is 10.2. The van der Waals surface area contributed by atoms with Gasteiger partial charge < -0.3 is 9.64 Å². The standard InChI is InChI=1S/C21H23N3O2S/c1-2-14-26-19-11-6-10-18(15-19)20(25)23-21(27)24(13-7-12-22)16-17-8-4-3-5-9-17/h3-6,8-11,15H,2,7,13-14,16H2,1H3,(H,23,25,27). The minimum atomic E-state index is -0.294. The molecule has 0 unspecified atom stereocenters. The van der Waals surface area contributed by atoms with E-state index in [1.54, 1.807) is 18.2 Å². The number of hydrogen-bond donors (Lipinski definition) is 1. The predicted molar refractivity (Wildman–Crippen MR) is 109 cm³/mol. The second-order valence-corrected chi connectivity index (χ2v) is 6.34. The van der Waals surface area contributed by atoms with Crippen LogP contribution in [0.15, 0.2) is 54.6 Å². The first-order valence-electron chi connectivity index (χ1n) is 8.88. The lowest BCUT2D eigenvalue weighted by Gasteiger charge is -2.24. The van der Waals surface area contributed by atoms with Crippen LogP contribution >= 0.6 is 12.2 Å². The van der Waals surface area contributed by atoms with Gasteiger partial charge in [0.1, 0.15) is 5.75 Å². The summed E-state index contributed by atoms with van der Waals surface area (Å²) >= 11 is 5.42. The van der Waals surface area contributed by atoms with E-state index in [0.717, 1.165) is 12.0 Å². The summed E-state index contributed by atoms with van der Waals surface area (Å²) in [6.07, 6.45) is 1.22. The fourth-order valence-electron chi connectivity index (χ4n) is 2.44. The van der Waals surface area contributed by atoms with Crippen LogP contribution in [0.2, 0.25) is 0 Å². The van der Waals surface area contributed by atoms with Crippen LogP contribution in [-0.4, -0.2) is 29.1 Å². The van der Waals surface area contributed by atoms with Gasteiger partial charge in [-0.05, 0) is 42.4 Å². The van der Waals surface area contributed by atoms with Gasteiger partial charge in [0.25, 0.3) is 5.91 Å². The van der Waals surface area contributed by atoms with Gasteiger partial charge in [0.15, 0.2) is 5.11 Å². The number of benzene rings is 2. The molecule has 140 valence electrons. The number of amides is 1. The van der Waals surface area contributed by atoms with Gasteiger partial charge in [0.2, 0.25) is 0 Å². The Morgan fingerprint density at radius 3 is 2.70 bits per heavy atom. The van der Waals surface area contributed by atoms with E-state index in [-0.39, 0.29) is 5.91 Å². The van der Waals surface area contributed by atoms with Crippen LogP contribution in [0.3, 0.4) is 0 Å².